The van der Waals surface area contributed by atoms with Gasteiger partial charge < -0.3 is 14.2 Å². The Kier molecular flexibility index (Phi) is 7.32. The van der Waals surface area contributed by atoms with Gasteiger partial charge in [0.1, 0.15) is 6.04 Å². The molecule has 0 bridgehead atoms. The van der Waals surface area contributed by atoms with Crippen LogP contribution in [0.1, 0.15) is 44.2 Å². The van der Waals surface area contributed by atoms with E-state index in [1.54, 1.807) is 42.7 Å². The van der Waals surface area contributed by atoms with Crippen LogP contribution in [0.25, 0.3) is 6.08 Å². The number of allylic oxidation sites excluding steroid dienone is 1. The molecule has 8 nitrogen and oxygen atoms in total. The van der Waals surface area contributed by atoms with Crippen LogP contribution in [0, 0.1) is 0 Å². The zero-order chi connectivity index (χ0) is 25.1. The van der Waals surface area contributed by atoms with Gasteiger partial charge in [-0.15, -0.1) is 11.3 Å². The monoisotopic (exact) mass is 512 g/mol. The topological polar surface area (TPSA) is 96.2 Å². The molecule has 4 rings (SSSR count). The Labute approximate surface area is 209 Å². The zero-order valence-corrected chi connectivity index (χ0v) is 21.3. The number of nitrogens with zero attached hydrogens (tertiary/aromatic N) is 2. The number of thiazole rings is 1. The highest BCUT2D eigenvalue weighted by atomic mass is 32.1. The third kappa shape index (κ3) is 4.98. The van der Waals surface area contributed by atoms with Crippen LogP contribution in [-0.4, -0.2) is 29.7 Å². The second-order valence-electron chi connectivity index (χ2n) is 7.55. The van der Waals surface area contributed by atoms with Gasteiger partial charge in [0, 0.05) is 11.8 Å². The van der Waals surface area contributed by atoms with Gasteiger partial charge >= 0.3 is 11.9 Å². The molecular formula is C25H24N2O6S2. The maximum Gasteiger partial charge on any atom is 0.338 e. The summed E-state index contributed by atoms with van der Waals surface area (Å²) < 4.78 is 18.1. The van der Waals surface area contributed by atoms with E-state index in [-0.39, 0.29) is 12.2 Å². The molecule has 182 valence electrons. The van der Waals surface area contributed by atoms with E-state index < -0.39 is 18.0 Å². The number of hydrogen-bond acceptors (Lipinski definition) is 9. The Balaban J connectivity index is 1.86. The van der Waals surface area contributed by atoms with Crippen molar-refractivity contribution in [2.24, 2.45) is 4.99 Å². The van der Waals surface area contributed by atoms with Crippen LogP contribution in [0.2, 0.25) is 0 Å². The van der Waals surface area contributed by atoms with E-state index >= 15 is 0 Å². The largest absolute Gasteiger partial charge is 0.490 e. The number of carbonyl (C=O) groups excluding carboxylic acids is 2. The molecule has 1 aliphatic heterocycles. The van der Waals surface area contributed by atoms with Gasteiger partial charge in [-0.2, -0.15) is 0 Å². The summed E-state index contributed by atoms with van der Waals surface area (Å²) >= 11 is 2.71. The molecule has 1 atom stereocenters. The van der Waals surface area contributed by atoms with Gasteiger partial charge in [0.05, 0.1) is 29.0 Å². The maximum absolute atomic E-state index is 13.6. The van der Waals surface area contributed by atoms with Crippen LogP contribution >= 0.6 is 22.7 Å². The normalized spacial score (nSPS) is 15.4. The number of thiophene rings is 1. The number of aromatic nitrogens is 1. The Morgan fingerprint density at radius 2 is 1.97 bits per heavy atom. The second kappa shape index (κ2) is 10.4. The molecule has 1 unspecified atom stereocenters. The Morgan fingerprint density at radius 1 is 1.17 bits per heavy atom. The van der Waals surface area contributed by atoms with E-state index in [0.29, 0.717) is 44.3 Å². The molecule has 0 fully saturated rings. The second-order valence-corrected chi connectivity index (χ2v) is 9.54. The predicted octanol–water partition coefficient (Wildman–Crippen LogP) is 3.18. The van der Waals surface area contributed by atoms with E-state index in [9.17, 15) is 14.4 Å². The van der Waals surface area contributed by atoms with Crippen molar-refractivity contribution in [1.82, 2.24) is 4.57 Å². The summed E-state index contributed by atoms with van der Waals surface area (Å²) in [7, 11) is 0. The standard InChI is InChI=1S/C25H24N2O6S2/c1-5-31-18-12-16(9-10-17(18)33-15(4)28)13-20-23(29)27-22(19-8-7-11-34-19)21(24(30)32-6-2)14(3)26-25(27)35-20/h7-13,22H,5-6H2,1-4H3/b20-13+. The van der Waals surface area contributed by atoms with Gasteiger partial charge in [0.15, 0.2) is 16.3 Å². The van der Waals surface area contributed by atoms with Crippen molar-refractivity contribution < 1.29 is 23.8 Å². The smallest absolute Gasteiger partial charge is 0.338 e. The molecule has 1 aromatic carbocycles. The highest BCUT2D eigenvalue weighted by Crippen LogP contribution is 2.33. The van der Waals surface area contributed by atoms with Gasteiger partial charge in [-0.05, 0) is 56.0 Å². The average molecular weight is 513 g/mol. The average Bonchev–Trinajstić information content (AvgIpc) is 3.43. The first kappa shape index (κ1) is 24.6. The lowest BCUT2D eigenvalue weighted by Crippen LogP contribution is -2.39. The van der Waals surface area contributed by atoms with Crippen molar-refractivity contribution >= 4 is 40.7 Å². The fraction of sp³-hybridized carbons (Fsp3) is 0.280. The molecule has 0 spiro atoms. The van der Waals surface area contributed by atoms with Crippen LogP contribution < -0.4 is 24.4 Å². The number of benzene rings is 1. The summed E-state index contributed by atoms with van der Waals surface area (Å²) in [6.07, 6.45) is 1.73. The first-order chi connectivity index (χ1) is 16.8. The van der Waals surface area contributed by atoms with Crippen LogP contribution in [0.5, 0.6) is 11.5 Å². The molecule has 0 N–H and O–H groups in total. The molecule has 0 aliphatic carbocycles. The summed E-state index contributed by atoms with van der Waals surface area (Å²) in [5.41, 5.74) is 1.32. The fourth-order valence-corrected chi connectivity index (χ4v) is 5.65. The minimum Gasteiger partial charge on any atom is -0.490 e. The fourth-order valence-electron chi connectivity index (χ4n) is 3.78. The maximum atomic E-state index is 13.6. The third-order valence-electron chi connectivity index (χ3n) is 5.15. The van der Waals surface area contributed by atoms with Gasteiger partial charge in [-0.3, -0.25) is 14.2 Å². The molecule has 3 aromatic rings. The van der Waals surface area contributed by atoms with E-state index in [0.717, 1.165) is 4.88 Å². The van der Waals surface area contributed by atoms with E-state index in [4.69, 9.17) is 14.2 Å². The van der Waals surface area contributed by atoms with Crippen molar-refractivity contribution in [3.63, 3.8) is 0 Å². The molecule has 1 aliphatic rings. The van der Waals surface area contributed by atoms with E-state index in [1.807, 2.05) is 24.4 Å². The quantitative estimate of drug-likeness (QED) is 0.356. The molecular weight excluding hydrogens is 488 g/mol. The lowest BCUT2D eigenvalue weighted by atomic mass is 10.0. The van der Waals surface area contributed by atoms with Crippen molar-refractivity contribution in [3.05, 3.63) is 77.1 Å². The summed E-state index contributed by atoms with van der Waals surface area (Å²) in [5.74, 6) is -0.219. The number of fused-ring (bicyclic) bond motifs is 1. The van der Waals surface area contributed by atoms with Crippen molar-refractivity contribution in [1.29, 1.82) is 0 Å². The SMILES string of the molecule is CCOC(=O)C1=C(C)N=c2s/c(=C/c3ccc(OC(C)=O)c(OCC)c3)c(=O)n2C1c1cccs1. The molecule has 0 amide bonds. The molecule has 3 heterocycles. The van der Waals surface area contributed by atoms with E-state index in [1.165, 1.54) is 29.6 Å². The molecule has 35 heavy (non-hydrogen) atoms. The first-order valence-electron chi connectivity index (χ1n) is 11.0. The number of esters is 2. The minimum absolute atomic E-state index is 0.225. The molecule has 0 radical (unpaired) electrons. The van der Waals surface area contributed by atoms with Gasteiger partial charge in [-0.1, -0.05) is 23.5 Å². The summed E-state index contributed by atoms with van der Waals surface area (Å²) in [4.78, 5) is 43.7. The van der Waals surface area contributed by atoms with Gasteiger partial charge in [0.25, 0.3) is 5.56 Å². The lowest BCUT2D eigenvalue weighted by Gasteiger charge is -2.23. The number of ether oxygens (including phenoxy) is 3. The third-order valence-corrected chi connectivity index (χ3v) is 7.06. The van der Waals surface area contributed by atoms with Crippen molar-refractivity contribution in [2.45, 2.75) is 33.7 Å². The highest BCUT2D eigenvalue weighted by Gasteiger charge is 2.33. The van der Waals surface area contributed by atoms with Crippen molar-refractivity contribution in [3.8, 4) is 11.5 Å². The molecule has 0 saturated carbocycles. The number of hydrogen-bond donors (Lipinski definition) is 0. The summed E-state index contributed by atoms with van der Waals surface area (Å²) in [6, 6.07) is 8.25. The summed E-state index contributed by atoms with van der Waals surface area (Å²) in [5, 5.41) is 1.91. The van der Waals surface area contributed by atoms with Crippen molar-refractivity contribution in [2.75, 3.05) is 13.2 Å². The van der Waals surface area contributed by atoms with Gasteiger partial charge in [-0.25, -0.2) is 9.79 Å². The predicted molar refractivity (Wildman–Crippen MR) is 134 cm³/mol. The van der Waals surface area contributed by atoms with Crippen LogP contribution in [-0.2, 0) is 14.3 Å². The van der Waals surface area contributed by atoms with Gasteiger partial charge in [0.2, 0.25) is 0 Å². The Morgan fingerprint density at radius 3 is 2.63 bits per heavy atom. The van der Waals surface area contributed by atoms with Crippen LogP contribution in [0.4, 0.5) is 0 Å². The number of rotatable bonds is 7. The highest BCUT2D eigenvalue weighted by molar-refractivity contribution is 7.10. The summed E-state index contributed by atoms with van der Waals surface area (Å²) in [6.45, 7) is 7.26. The molecule has 0 saturated heterocycles. The first-order valence-corrected chi connectivity index (χ1v) is 12.7. The molecule has 2 aromatic heterocycles. The Bertz CT molecular complexity index is 1480. The molecule has 10 heteroatoms. The Hall–Kier alpha value is -3.50. The lowest BCUT2D eigenvalue weighted by molar-refractivity contribution is -0.139. The van der Waals surface area contributed by atoms with Crippen LogP contribution in [0.15, 0.2) is 56.8 Å². The minimum atomic E-state index is -0.613. The number of carbonyl (C=O) groups is 2. The van der Waals surface area contributed by atoms with Crippen LogP contribution in [0.3, 0.4) is 0 Å². The van der Waals surface area contributed by atoms with E-state index in [2.05, 4.69) is 4.99 Å². The zero-order valence-electron chi connectivity index (χ0n) is 19.7.